The minimum Gasteiger partial charge on any atom is -0.378 e. The zero-order valence-electron chi connectivity index (χ0n) is 19.9. The molecule has 1 aliphatic heterocycles. The zero-order chi connectivity index (χ0) is 25.9. The van der Waals surface area contributed by atoms with Crippen molar-refractivity contribution in [1.82, 2.24) is 10.3 Å². The molecule has 1 fully saturated rings. The van der Waals surface area contributed by atoms with E-state index in [9.17, 15) is 14.9 Å². The molecule has 11 heteroatoms. The average Bonchev–Trinajstić information content (AvgIpc) is 3.32. The third-order valence-corrected chi connectivity index (χ3v) is 7.22. The Kier molecular flexibility index (Phi) is 7.08. The summed E-state index contributed by atoms with van der Waals surface area (Å²) in [5, 5.41) is 18.0. The third-order valence-electron chi connectivity index (χ3n) is 5.95. The van der Waals surface area contributed by atoms with Crippen LogP contribution in [0.2, 0.25) is 0 Å². The van der Waals surface area contributed by atoms with Gasteiger partial charge >= 0.3 is 0 Å². The molecule has 2 heterocycles. The number of amides is 1. The van der Waals surface area contributed by atoms with Crippen LogP contribution >= 0.6 is 23.6 Å². The summed E-state index contributed by atoms with van der Waals surface area (Å²) in [6.45, 7) is 4.27. The molecular weight excluding hydrogens is 510 g/mol. The maximum atomic E-state index is 13.1. The zero-order valence-corrected chi connectivity index (χ0v) is 21.5. The normalized spacial score (nSPS) is 13.4. The first-order valence-corrected chi connectivity index (χ1v) is 12.8. The SMILES string of the molecule is Cc1ccc2nc(-c3ccc(NC(=S)NC(=O)c4cc([N+](=O)[O-])ccc4N4CCOCC4)cc3)sc2c1. The van der Waals surface area contributed by atoms with Gasteiger partial charge in [0.25, 0.3) is 11.6 Å². The molecule has 5 rings (SSSR count). The van der Waals surface area contributed by atoms with Gasteiger partial charge in [0.05, 0.1) is 39.6 Å². The van der Waals surface area contributed by atoms with Gasteiger partial charge in [-0.15, -0.1) is 11.3 Å². The number of morpholine rings is 1. The number of anilines is 2. The van der Waals surface area contributed by atoms with Gasteiger partial charge in [-0.1, -0.05) is 6.07 Å². The molecule has 0 spiro atoms. The smallest absolute Gasteiger partial charge is 0.270 e. The highest BCUT2D eigenvalue weighted by Gasteiger charge is 2.22. The average molecular weight is 534 g/mol. The van der Waals surface area contributed by atoms with Crippen LogP contribution < -0.4 is 15.5 Å². The van der Waals surface area contributed by atoms with Crippen LogP contribution in [0.1, 0.15) is 15.9 Å². The van der Waals surface area contributed by atoms with Crippen LogP contribution in [0.3, 0.4) is 0 Å². The van der Waals surface area contributed by atoms with Crippen molar-refractivity contribution >= 4 is 61.9 Å². The summed E-state index contributed by atoms with van der Waals surface area (Å²) < 4.78 is 6.52. The fourth-order valence-corrected chi connectivity index (χ4v) is 5.36. The van der Waals surface area contributed by atoms with Gasteiger partial charge < -0.3 is 15.0 Å². The number of thiocarbonyl (C=S) groups is 1. The van der Waals surface area contributed by atoms with Crippen LogP contribution in [-0.4, -0.2) is 47.2 Å². The number of hydrogen-bond donors (Lipinski definition) is 2. The van der Waals surface area contributed by atoms with E-state index < -0.39 is 10.8 Å². The van der Waals surface area contributed by atoms with E-state index in [1.165, 1.54) is 17.7 Å². The van der Waals surface area contributed by atoms with E-state index >= 15 is 0 Å². The molecule has 0 saturated carbocycles. The first-order chi connectivity index (χ1) is 17.9. The van der Waals surface area contributed by atoms with Crippen molar-refractivity contribution < 1.29 is 14.5 Å². The summed E-state index contributed by atoms with van der Waals surface area (Å²) in [5.41, 5.74) is 4.45. The summed E-state index contributed by atoms with van der Waals surface area (Å²) in [6, 6.07) is 18.1. The van der Waals surface area contributed by atoms with Crippen LogP contribution in [0.4, 0.5) is 17.1 Å². The number of non-ortho nitro benzene ring substituents is 1. The van der Waals surface area contributed by atoms with Crippen LogP contribution in [0.25, 0.3) is 20.8 Å². The van der Waals surface area contributed by atoms with Gasteiger partial charge in [0.2, 0.25) is 0 Å². The van der Waals surface area contributed by atoms with Crippen LogP contribution in [-0.2, 0) is 4.74 Å². The highest BCUT2D eigenvalue weighted by molar-refractivity contribution is 7.80. The van der Waals surface area contributed by atoms with Crippen molar-refractivity contribution in [3.05, 3.63) is 81.9 Å². The fraction of sp³-hybridized carbons (Fsp3) is 0.192. The van der Waals surface area contributed by atoms with Gasteiger partial charge in [-0.3, -0.25) is 20.2 Å². The highest BCUT2D eigenvalue weighted by atomic mass is 32.1. The molecule has 4 aromatic rings. The lowest BCUT2D eigenvalue weighted by atomic mass is 10.1. The van der Waals surface area contributed by atoms with E-state index in [0.717, 1.165) is 20.8 Å². The summed E-state index contributed by atoms with van der Waals surface area (Å²) in [4.78, 5) is 30.6. The number of carbonyl (C=O) groups is 1. The number of aryl methyl sites for hydroxylation is 1. The number of ether oxygens (including phenoxy) is 1. The summed E-state index contributed by atoms with van der Waals surface area (Å²) in [7, 11) is 0. The van der Waals surface area contributed by atoms with Crippen molar-refractivity contribution in [2.24, 2.45) is 0 Å². The molecule has 0 bridgehead atoms. The fourth-order valence-electron chi connectivity index (χ4n) is 4.08. The predicted octanol–water partition coefficient (Wildman–Crippen LogP) is 5.14. The van der Waals surface area contributed by atoms with Crippen molar-refractivity contribution in [3.8, 4) is 10.6 Å². The number of aromatic nitrogens is 1. The molecule has 2 N–H and O–H groups in total. The molecule has 0 unspecified atom stereocenters. The molecule has 1 aliphatic rings. The Hall–Kier alpha value is -3.93. The summed E-state index contributed by atoms with van der Waals surface area (Å²) in [6.07, 6.45) is 0. The Morgan fingerprint density at radius 2 is 1.86 bits per heavy atom. The van der Waals surface area contributed by atoms with E-state index in [1.54, 1.807) is 17.4 Å². The second-order valence-electron chi connectivity index (χ2n) is 8.53. The molecule has 9 nitrogen and oxygen atoms in total. The summed E-state index contributed by atoms with van der Waals surface area (Å²) in [5.74, 6) is -0.524. The molecular formula is C26H23N5O4S2. The molecule has 0 aliphatic carbocycles. The van der Waals surface area contributed by atoms with Crippen LogP contribution in [0, 0.1) is 17.0 Å². The van der Waals surface area contributed by atoms with Gasteiger partial charge in [-0.05, 0) is 67.2 Å². The van der Waals surface area contributed by atoms with Gasteiger partial charge in [0.15, 0.2) is 5.11 Å². The minimum atomic E-state index is -0.524. The predicted molar refractivity (Wildman–Crippen MR) is 150 cm³/mol. The minimum absolute atomic E-state index is 0.0904. The maximum absolute atomic E-state index is 13.1. The van der Waals surface area contributed by atoms with Gasteiger partial charge in [0, 0.05) is 36.5 Å². The second-order valence-corrected chi connectivity index (χ2v) is 9.97. The van der Waals surface area contributed by atoms with E-state index in [-0.39, 0.29) is 16.4 Å². The first kappa shape index (κ1) is 24.8. The number of nitrogens with zero attached hydrogens (tertiary/aromatic N) is 3. The largest absolute Gasteiger partial charge is 0.378 e. The Bertz CT molecular complexity index is 1500. The number of thiazole rings is 1. The number of rotatable bonds is 5. The topological polar surface area (TPSA) is 110 Å². The van der Waals surface area contributed by atoms with Crippen molar-refractivity contribution in [2.75, 3.05) is 36.5 Å². The lowest BCUT2D eigenvalue weighted by Gasteiger charge is -2.30. The molecule has 1 saturated heterocycles. The Morgan fingerprint density at radius 3 is 2.59 bits per heavy atom. The number of benzene rings is 3. The highest BCUT2D eigenvalue weighted by Crippen LogP contribution is 2.31. The monoisotopic (exact) mass is 533 g/mol. The quantitative estimate of drug-likeness (QED) is 0.206. The molecule has 188 valence electrons. The number of nitro groups is 1. The van der Waals surface area contributed by atoms with Gasteiger partial charge in [-0.2, -0.15) is 0 Å². The standard InChI is InChI=1S/C26H23N5O4S2/c1-16-2-8-21-23(14-16)37-25(28-21)17-3-5-18(6-4-17)27-26(36)29-24(32)20-15-19(31(33)34)7-9-22(20)30-10-12-35-13-11-30/h2-9,14-15H,10-13H2,1H3,(H2,27,29,32,36). The van der Waals surface area contributed by atoms with Crippen LogP contribution in [0.15, 0.2) is 60.7 Å². The molecule has 0 atom stereocenters. The van der Waals surface area contributed by atoms with Crippen molar-refractivity contribution in [3.63, 3.8) is 0 Å². The van der Waals surface area contributed by atoms with Crippen molar-refractivity contribution in [1.29, 1.82) is 0 Å². The molecule has 3 aromatic carbocycles. The molecule has 37 heavy (non-hydrogen) atoms. The summed E-state index contributed by atoms with van der Waals surface area (Å²) >= 11 is 6.99. The van der Waals surface area contributed by atoms with E-state index in [2.05, 4.69) is 23.6 Å². The molecule has 1 aromatic heterocycles. The van der Waals surface area contributed by atoms with Gasteiger partial charge in [0.1, 0.15) is 5.01 Å². The number of nitrogens with one attached hydrogen (secondary N) is 2. The lowest BCUT2D eigenvalue weighted by molar-refractivity contribution is -0.384. The molecule has 0 radical (unpaired) electrons. The number of hydrogen-bond acceptors (Lipinski definition) is 8. The van der Waals surface area contributed by atoms with E-state index in [1.807, 2.05) is 41.3 Å². The first-order valence-electron chi connectivity index (χ1n) is 11.6. The van der Waals surface area contributed by atoms with Crippen LogP contribution in [0.5, 0.6) is 0 Å². The Balaban J connectivity index is 1.29. The van der Waals surface area contributed by atoms with E-state index in [4.69, 9.17) is 21.9 Å². The third kappa shape index (κ3) is 5.58. The Labute approximate surface area is 222 Å². The number of nitro benzene ring substituents is 1. The Morgan fingerprint density at radius 1 is 1.11 bits per heavy atom. The van der Waals surface area contributed by atoms with E-state index in [0.29, 0.717) is 37.7 Å². The van der Waals surface area contributed by atoms with Gasteiger partial charge in [-0.25, -0.2) is 4.98 Å². The second kappa shape index (κ2) is 10.6. The number of fused-ring (bicyclic) bond motifs is 1. The molecule has 1 amide bonds. The van der Waals surface area contributed by atoms with Crippen molar-refractivity contribution in [2.45, 2.75) is 6.92 Å². The lowest BCUT2D eigenvalue weighted by Crippen LogP contribution is -2.39. The number of carbonyl (C=O) groups excluding carboxylic acids is 1. The maximum Gasteiger partial charge on any atom is 0.270 e.